The fourth-order valence-electron chi connectivity index (χ4n) is 1.41. The molecule has 0 aliphatic heterocycles. The maximum Gasteiger partial charge on any atom is 0.341 e. The number of amides is 1. The quantitative estimate of drug-likeness (QED) is 0.649. The van der Waals surface area contributed by atoms with Crippen molar-refractivity contribution in [2.24, 2.45) is 0 Å². The lowest BCUT2D eigenvalue weighted by molar-refractivity contribution is -0.115. The number of hydrogen-bond donors (Lipinski definition) is 1. The first kappa shape index (κ1) is 17.6. The highest BCUT2D eigenvalue weighted by atomic mass is 35.6. The van der Waals surface area contributed by atoms with Gasteiger partial charge in [-0.05, 0) is 33.3 Å². The van der Waals surface area contributed by atoms with Crippen LogP contribution >= 0.6 is 46.1 Å². The van der Waals surface area contributed by atoms with Gasteiger partial charge in [0.15, 0.2) is 0 Å². The Bertz CT molecular complexity index is 535. The van der Waals surface area contributed by atoms with Crippen molar-refractivity contribution in [2.45, 2.75) is 37.6 Å². The molecule has 0 bridgehead atoms. The Morgan fingerprint density at radius 3 is 2.25 bits per heavy atom. The molecule has 1 N–H and O–H groups in total. The zero-order valence-corrected chi connectivity index (χ0v) is 14.4. The summed E-state index contributed by atoms with van der Waals surface area (Å²) in [5.74, 6) is -1.33. The van der Waals surface area contributed by atoms with Crippen LogP contribution in [0.4, 0.5) is 5.00 Å². The molecule has 0 saturated carbocycles. The summed E-state index contributed by atoms with van der Waals surface area (Å²) in [6.45, 7) is 7.09. The molecule has 112 valence electrons. The zero-order valence-electron chi connectivity index (χ0n) is 11.3. The number of carbonyl (C=O) groups excluding carboxylic acids is 2. The van der Waals surface area contributed by atoms with Crippen molar-refractivity contribution >= 4 is 63.0 Å². The summed E-state index contributed by atoms with van der Waals surface area (Å²) < 4.78 is 3.06. The first-order chi connectivity index (χ1) is 9.04. The van der Waals surface area contributed by atoms with Gasteiger partial charge in [-0.15, -0.1) is 11.3 Å². The van der Waals surface area contributed by atoms with Crippen molar-refractivity contribution in [1.29, 1.82) is 0 Å². The normalized spacial score (nSPS) is 11.6. The van der Waals surface area contributed by atoms with E-state index < -0.39 is 15.7 Å². The number of aryl methyl sites for hydroxylation is 1. The summed E-state index contributed by atoms with van der Waals surface area (Å²) in [7, 11) is 0. The molecule has 0 atom stereocenters. The fraction of sp³-hybridized carbons (Fsp3) is 0.500. The summed E-state index contributed by atoms with van der Waals surface area (Å²) in [6.07, 6.45) is -0.265. The number of rotatable bonds is 3. The van der Waals surface area contributed by atoms with Crippen LogP contribution in [-0.4, -0.2) is 21.8 Å². The number of hydrogen-bond acceptors (Lipinski definition) is 4. The third-order valence-corrected chi connectivity index (χ3v) is 4.05. The lowest BCUT2D eigenvalue weighted by Gasteiger charge is -2.13. The number of carbonyl (C=O) groups is 2. The van der Waals surface area contributed by atoms with Crippen LogP contribution in [0.25, 0.3) is 0 Å². The third-order valence-electron chi connectivity index (χ3n) is 2.42. The smallest absolute Gasteiger partial charge is 0.341 e. The number of esters is 1. The van der Waals surface area contributed by atoms with Gasteiger partial charge in [-0.3, -0.25) is 4.79 Å². The minimum absolute atomic E-state index is 0.265. The number of ether oxygens (including phenoxy) is 1. The molecule has 0 unspecified atom stereocenters. The predicted octanol–water partition coefficient (Wildman–Crippen LogP) is 4.24. The molecule has 0 saturated heterocycles. The van der Waals surface area contributed by atoms with Gasteiger partial charge in [0.05, 0.1) is 11.7 Å². The second-order valence-corrected chi connectivity index (χ2v) is 7.90. The molecule has 1 rings (SSSR count). The van der Waals surface area contributed by atoms with Crippen LogP contribution in [0.1, 0.15) is 34.6 Å². The van der Waals surface area contributed by atoms with Crippen LogP contribution < -0.4 is 5.32 Å². The largest absolute Gasteiger partial charge is 0.459 e. The molecule has 0 spiro atoms. The maximum absolute atomic E-state index is 12.1. The summed E-state index contributed by atoms with van der Waals surface area (Å²) >= 11 is 17.7. The predicted molar refractivity (Wildman–Crippen MR) is 83.3 cm³/mol. The van der Waals surface area contributed by atoms with E-state index in [1.807, 2.05) is 6.92 Å². The Labute approximate surface area is 136 Å². The van der Waals surface area contributed by atoms with Gasteiger partial charge in [-0.1, -0.05) is 34.8 Å². The van der Waals surface area contributed by atoms with E-state index in [1.165, 1.54) is 11.3 Å². The molecular weight excluding hydrogens is 345 g/mol. The van der Waals surface area contributed by atoms with Gasteiger partial charge in [-0.2, -0.15) is 0 Å². The zero-order chi connectivity index (χ0) is 15.7. The van der Waals surface area contributed by atoms with E-state index in [4.69, 9.17) is 39.5 Å². The molecule has 1 aromatic heterocycles. The van der Waals surface area contributed by atoms with E-state index in [2.05, 4.69) is 5.32 Å². The van der Waals surface area contributed by atoms with Crippen molar-refractivity contribution in [3.8, 4) is 0 Å². The average Bonchev–Trinajstić information content (AvgIpc) is 2.52. The molecule has 0 aromatic carbocycles. The number of anilines is 1. The minimum Gasteiger partial charge on any atom is -0.459 e. The van der Waals surface area contributed by atoms with Gasteiger partial charge in [0, 0.05) is 4.88 Å². The van der Waals surface area contributed by atoms with E-state index in [9.17, 15) is 9.59 Å². The molecule has 1 aromatic rings. The number of nitrogens with one attached hydrogen (secondary N) is 1. The van der Waals surface area contributed by atoms with E-state index in [0.717, 1.165) is 10.4 Å². The summed E-state index contributed by atoms with van der Waals surface area (Å²) in [4.78, 5) is 24.6. The fourth-order valence-corrected chi connectivity index (χ4v) is 2.59. The van der Waals surface area contributed by atoms with Gasteiger partial charge >= 0.3 is 5.97 Å². The van der Waals surface area contributed by atoms with Crippen LogP contribution in [0.3, 0.4) is 0 Å². The van der Waals surface area contributed by atoms with Gasteiger partial charge in [0.2, 0.25) is 0 Å². The second kappa shape index (κ2) is 6.52. The SMILES string of the molecule is Cc1sc(NC(=O)C(Cl)(Cl)Cl)c(C(=O)OC(C)C)c1C. The van der Waals surface area contributed by atoms with E-state index in [-0.39, 0.29) is 6.10 Å². The second-order valence-electron chi connectivity index (χ2n) is 4.39. The molecule has 8 heteroatoms. The molecule has 0 radical (unpaired) electrons. The highest BCUT2D eigenvalue weighted by molar-refractivity contribution is 7.17. The van der Waals surface area contributed by atoms with Gasteiger partial charge in [0.25, 0.3) is 9.70 Å². The average molecular weight is 359 g/mol. The van der Waals surface area contributed by atoms with Crippen LogP contribution in [0.5, 0.6) is 0 Å². The lowest BCUT2D eigenvalue weighted by Crippen LogP contribution is -2.27. The number of halogens is 3. The molecular formula is C12H14Cl3NO3S. The lowest BCUT2D eigenvalue weighted by atomic mass is 10.1. The van der Waals surface area contributed by atoms with Crippen molar-refractivity contribution in [3.63, 3.8) is 0 Å². The minimum atomic E-state index is -2.09. The standard InChI is InChI=1S/C12H14Cl3NO3S/c1-5(2)19-10(17)8-6(3)7(4)20-9(8)16-11(18)12(13,14)15/h5H,1-4H3,(H,16,18). The highest BCUT2D eigenvalue weighted by Gasteiger charge is 2.33. The first-order valence-corrected chi connectivity index (χ1v) is 7.68. The molecule has 1 heterocycles. The van der Waals surface area contributed by atoms with Gasteiger partial charge < -0.3 is 10.1 Å². The molecule has 4 nitrogen and oxygen atoms in total. The molecule has 0 fully saturated rings. The van der Waals surface area contributed by atoms with Crippen LogP contribution in [0.2, 0.25) is 0 Å². The third kappa shape index (κ3) is 4.25. The van der Waals surface area contributed by atoms with Gasteiger partial charge in [-0.25, -0.2) is 4.79 Å². The Kier molecular flexibility index (Phi) is 5.72. The summed E-state index contributed by atoms with van der Waals surface area (Å²) in [5, 5.41) is 2.77. The highest BCUT2D eigenvalue weighted by Crippen LogP contribution is 2.35. The van der Waals surface area contributed by atoms with Crippen molar-refractivity contribution in [1.82, 2.24) is 0 Å². The Morgan fingerprint density at radius 1 is 1.25 bits per heavy atom. The molecule has 20 heavy (non-hydrogen) atoms. The summed E-state index contributed by atoms with van der Waals surface area (Å²) in [5.41, 5.74) is 1.03. The van der Waals surface area contributed by atoms with Crippen LogP contribution in [0.15, 0.2) is 0 Å². The first-order valence-electron chi connectivity index (χ1n) is 5.73. The number of thiophene rings is 1. The maximum atomic E-state index is 12.1. The van der Waals surface area contributed by atoms with Crippen molar-refractivity contribution in [3.05, 3.63) is 16.0 Å². The monoisotopic (exact) mass is 357 g/mol. The number of alkyl halides is 3. The Hall–Kier alpha value is -0.490. The van der Waals surface area contributed by atoms with E-state index >= 15 is 0 Å². The molecule has 0 aliphatic carbocycles. The van der Waals surface area contributed by atoms with Crippen LogP contribution in [-0.2, 0) is 9.53 Å². The van der Waals surface area contributed by atoms with E-state index in [0.29, 0.717) is 10.6 Å². The van der Waals surface area contributed by atoms with Crippen molar-refractivity contribution in [2.75, 3.05) is 5.32 Å². The van der Waals surface area contributed by atoms with Crippen molar-refractivity contribution < 1.29 is 14.3 Å². The molecule has 1 amide bonds. The summed E-state index contributed by atoms with van der Waals surface area (Å²) in [6, 6.07) is 0. The Morgan fingerprint density at radius 2 is 1.80 bits per heavy atom. The molecule has 0 aliphatic rings. The van der Waals surface area contributed by atoms with E-state index in [1.54, 1.807) is 20.8 Å². The Balaban J connectivity index is 3.12. The van der Waals surface area contributed by atoms with Gasteiger partial charge in [0.1, 0.15) is 5.00 Å². The van der Waals surface area contributed by atoms with Crippen LogP contribution in [0, 0.1) is 13.8 Å². The topological polar surface area (TPSA) is 55.4 Å².